The Balaban J connectivity index is 3.05. The Bertz CT molecular complexity index is 384. The number of hydrogen-bond acceptors (Lipinski definition) is 3. The standard InChI is InChI=1S/C14H18O3/c1-4-12(15)13(10(2)14(16)17-3)11-8-6-5-7-9-11/h5-9,12-13,15H,2,4H2,1,3H3/t12-,13-/m1/s1. The lowest BCUT2D eigenvalue weighted by atomic mass is 9.86. The predicted molar refractivity (Wildman–Crippen MR) is 66.6 cm³/mol. The highest BCUT2D eigenvalue weighted by Gasteiger charge is 2.27. The molecule has 92 valence electrons. The number of carbonyl (C=O) groups excluding carboxylic acids is 1. The smallest absolute Gasteiger partial charge is 0.333 e. The van der Waals surface area contributed by atoms with Gasteiger partial charge in [-0.2, -0.15) is 0 Å². The highest BCUT2D eigenvalue weighted by molar-refractivity contribution is 5.89. The minimum Gasteiger partial charge on any atom is -0.466 e. The monoisotopic (exact) mass is 234 g/mol. The SMILES string of the molecule is C=C(C(=O)OC)[C@H](c1ccccc1)[C@H](O)CC. The summed E-state index contributed by atoms with van der Waals surface area (Å²) in [5, 5.41) is 10.0. The van der Waals surface area contributed by atoms with Crippen LogP contribution in [0.3, 0.4) is 0 Å². The van der Waals surface area contributed by atoms with Gasteiger partial charge in [-0.15, -0.1) is 0 Å². The number of aliphatic hydroxyl groups excluding tert-OH is 1. The quantitative estimate of drug-likeness (QED) is 0.628. The Morgan fingerprint density at radius 3 is 2.47 bits per heavy atom. The minimum absolute atomic E-state index is 0.285. The van der Waals surface area contributed by atoms with Crippen LogP contribution >= 0.6 is 0 Å². The molecule has 0 heterocycles. The molecular weight excluding hydrogens is 216 g/mol. The molecule has 1 rings (SSSR count). The number of hydrogen-bond donors (Lipinski definition) is 1. The van der Waals surface area contributed by atoms with E-state index in [2.05, 4.69) is 11.3 Å². The van der Waals surface area contributed by atoms with Gasteiger partial charge in [-0.3, -0.25) is 0 Å². The zero-order valence-corrected chi connectivity index (χ0v) is 10.2. The van der Waals surface area contributed by atoms with Crippen LogP contribution in [0.15, 0.2) is 42.5 Å². The van der Waals surface area contributed by atoms with Crippen molar-refractivity contribution >= 4 is 5.97 Å². The van der Waals surface area contributed by atoms with Crippen molar-refractivity contribution in [2.24, 2.45) is 0 Å². The van der Waals surface area contributed by atoms with Crippen molar-refractivity contribution < 1.29 is 14.6 Å². The second-order valence-electron chi connectivity index (χ2n) is 3.88. The summed E-state index contributed by atoms with van der Waals surface area (Å²) in [6.07, 6.45) is -0.0840. The van der Waals surface area contributed by atoms with Gasteiger partial charge >= 0.3 is 5.97 Å². The fraction of sp³-hybridized carbons (Fsp3) is 0.357. The molecule has 0 aromatic heterocycles. The number of benzene rings is 1. The van der Waals surface area contributed by atoms with Crippen LogP contribution in [-0.4, -0.2) is 24.3 Å². The predicted octanol–water partition coefficient (Wildman–Crippen LogP) is 2.27. The summed E-state index contributed by atoms with van der Waals surface area (Å²) < 4.78 is 4.66. The Morgan fingerprint density at radius 2 is 2.00 bits per heavy atom. The van der Waals surface area contributed by atoms with Crippen LogP contribution in [0.2, 0.25) is 0 Å². The fourth-order valence-electron chi connectivity index (χ4n) is 1.81. The molecule has 3 nitrogen and oxygen atoms in total. The maximum atomic E-state index is 11.5. The number of carbonyl (C=O) groups is 1. The maximum absolute atomic E-state index is 11.5. The van der Waals surface area contributed by atoms with Gasteiger partial charge in [-0.25, -0.2) is 4.79 Å². The average molecular weight is 234 g/mol. The lowest BCUT2D eigenvalue weighted by Gasteiger charge is -2.23. The van der Waals surface area contributed by atoms with Gasteiger partial charge in [0, 0.05) is 11.5 Å². The molecule has 0 saturated heterocycles. The second-order valence-corrected chi connectivity index (χ2v) is 3.88. The van der Waals surface area contributed by atoms with E-state index in [0.717, 1.165) is 5.56 Å². The molecule has 0 saturated carbocycles. The van der Waals surface area contributed by atoms with Crippen LogP contribution in [0, 0.1) is 0 Å². The molecule has 0 unspecified atom stereocenters. The summed E-state index contributed by atoms with van der Waals surface area (Å²) >= 11 is 0. The molecule has 1 aromatic rings. The van der Waals surface area contributed by atoms with Crippen LogP contribution in [0.1, 0.15) is 24.8 Å². The molecule has 0 amide bonds. The highest BCUT2D eigenvalue weighted by Crippen LogP contribution is 2.29. The number of esters is 1. The third-order valence-corrected chi connectivity index (χ3v) is 2.78. The third kappa shape index (κ3) is 3.17. The van der Waals surface area contributed by atoms with E-state index in [1.165, 1.54) is 7.11 Å². The van der Waals surface area contributed by atoms with E-state index < -0.39 is 18.0 Å². The van der Waals surface area contributed by atoms with Crippen LogP contribution in [0.5, 0.6) is 0 Å². The Labute approximate surface area is 102 Å². The molecule has 0 spiro atoms. The normalized spacial score (nSPS) is 13.8. The number of methoxy groups -OCH3 is 1. The first-order chi connectivity index (χ1) is 8.11. The van der Waals surface area contributed by atoms with Gasteiger partial charge in [-0.05, 0) is 12.0 Å². The van der Waals surface area contributed by atoms with Crippen molar-refractivity contribution in [3.05, 3.63) is 48.0 Å². The molecule has 0 aliphatic carbocycles. The molecular formula is C14H18O3. The van der Waals surface area contributed by atoms with E-state index in [9.17, 15) is 9.90 Å². The van der Waals surface area contributed by atoms with Gasteiger partial charge in [0.1, 0.15) is 0 Å². The molecule has 0 radical (unpaired) electrons. The molecule has 1 aromatic carbocycles. The van der Waals surface area contributed by atoms with Crippen LogP contribution in [0.4, 0.5) is 0 Å². The summed E-state index contributed by atoms with van der Waals surface area (Å²) in [5.41, 5.74) is 1.16. The lowest BCUT2D eigenvalue weighted by molar-refractivity contribution is -0.136. The van der Waals surface area contributed by atoms with E-state index in [1.807, 2.05) is 37.3 Å². The van der Waals surface area contributed by atoms with E-state index in [-0.39, 0.29) is 5.57 Å². The third-order valence-electron chi connectivity index (χ3n) is 2.78. The van der Waals surface area contributed by atoms with Crippen LogP contribution < -0.4 is 0 Å². The number of rotatable bonds is 5. The number of ether oxygens (including phenoxy) is 1. The molecule has 0 fully saturated rings. The van der Waals surface area contributed by atoms with E-state index >= 15 is 0 Å². The first kappa shape index (κ1) is 13.5. The fourth-order valence-corrected chi connectivity index (χ4v) is 1.81. The van der Waals surface area contributed by atoms with Crippen molar-refractivity contribution in [3.8, 4) is 0 Å². The van der Waals surface area contributed by atoms with Gasteiger partial charge in [0.05, 0.1) is 13.2 Å². The Hall–Kier alpha value is -1.61. The van der Waals surface area contributed by atoms with Gasteiger partial charge < -0.3 is 9.84 Å². The maximum Gasteiger partial charge on any atom is 0.333 e. The van der Waals surface area contributed by atoms with Crippen LogP contribution in [0.25, 0.3) is 0 Å². The van der Waals surface area contributed by atoms with E-state index in [0.29, 0.717) is 6.42 Å². The van der Waals surface area contributed by atoms with E-state index in [4.69, 9.17) is 0 Å². The zero-order valence-electron chi connectivity index (χ0n) is 10.2. The minimum atomic E-state index is -0.635. The summed E-state index contributed by atoms with van der Waals surface area (Å²) in [5.74, 6) is -0.889. The topological polar surface area (TPSA) is 46.5 Å². The van der Waals surface area contributed by atoms with Crippen molar-refractivity contribution in [3.63, 3.8) is 0 Å². The Morgan fingerprint density at radius 1 is 1.41 bits per heavy atom. The zero-order chi connectivity index (χ0) is 12.8. The summed E-state index contributed by atoms with van der Waals surface area (Å²) in [6.45, 7) is 5.60. The van der Waals surface area contributed by atoms with Crippen molar-refractivity contribution in [1.82, 2.24) is 0 Å². The molecule has 1 N–H and O–H groups in total. The lowest BCUT2D eigenvalue weighted by Crippen LogP contribution is -2.23. The average Bonchev–Trinajstić information content (AvgIpc) is 2.38. The van der Waals surface area contributed by atoms with Crippen LogP contribution in [-0.2, 0) is 9.53 Å². The number of aliphatic hydroxyl groups is 1. The first-order valence-electron chi connectivity index (χ1n) is 5.61. The molecule has 17 heavy (non-hydrogen) atoms. The van der Waals surface area contributed by atoms with Crippen molar-refractivity contribution in [2.45, 2.75) is 25.4 Å². The van der Waals surface area contributed by atoms with Gasteiger partial charge in [0.15, 0.2) is 0 Å². The highest BCUT2D eigenvalue weighted by atomic mass is 16.5. The first-order valence-corrected chi connectivity index (χ1v) is 5.61. The summed E-state index contributed by atoms with van der Waals surface area (Å²) in [6, 6.07) is 9.37. The summed E-state index contributed by atoms with van der Waals surface area (Å²) in [4.78, 5) is 11.5. The van der Waals surface area contributed by atoms with Gasteiger partial charge in [0.2, 0.25) is 0 Å². The molecule has 0 aliphatic heterocycles. The Kier molecular flexibility index (Phi) is 4.91. The van der Waals surface area contributed by atoms with Crippen molar-refractivity contribution in [2.75, 3.05) is 7.11 Å². The molecule has 0 aliphatic rings. The molecule has 0 bridgehead atoms. The summed E-state index contributed by atoms with van der Waals surface area (Å²) in [7, 11) is 1.31. The molecule has 2 atom stereocenters. The van der Waals surface area contributed by atoms with Gasteiger partial charge in [0.25, 0.3) is 0 Å². The van der Waals surface area contributed by atoms with E-state index in [1.54, 1.807) is 0 Å². The van der Waals surface area contributed by atoms with Crippen molar-refractivity contribution in [1.29, 1.82) is 0 Å². The van der Waals surface area contributed by atoms with Gasteiger partial charge in [-0.1, -0.05) is 43.8 Å². The second kappa shape index (κ2) is 6.21. The molecule has 3 heteroatoms. The largest absolute Gasteiger partial charge is 0.466 e.